The highest BCUT2D eigenvalue weighted by Crippen LogP contribution is 1.99. The molecule has 0 aliphatic heterocycles. The zero-order valence-electron chi connectivity index (χ0n) is 5.94. The summed E-state index contributed by atoms with van der Waals surface area (Å²) in [6.45, 7) is 0.474. The van der Waals surface area contributed by atoms with E-state index in [9.17, 15) is 0 Å². The van der Waals surface area contributed by atoms with Crippen LogP contribution in [0.3, 0.4) is 0 Å². The van der Waals surface area contributed by atoms with Gasteiger partial charge in [0.25, 0.3) is 0 Å². The van der Waals surface area contributed by atoms with Crippen LogP contribution in [0.1, 0.15) is 5.69 Å². The quantitative estimate of drug-likeness (QED) is 0.628. The second-order valence-corrected chi connectivity index (χ2v) is 2.26. The van der Waals surface area contributed by atoms with Gasteiger partial charge in [0.1, 0.15) is 0 Å². The Morgan fingerprint density at radius 2 is 2.36 bits per heavy atom. The van der Waals surface area contributed by atoms with E-state index in [-0.39, 0.29) is 0 Å². The van der Waals surface area contributed by atoms with Gasteiger partial charge in [0.2, 0.25) is 0 Å². The molecule has 2 aromatic heterocycles. The van der Waals surface area contributed by atoms with Crippen molar-refractivity contribution in [2.45, 2.75) is 6.54 Å². The maximum atomic E-state index is 5.42. The van der Waals surface area contributed by atoms with E-state index in [0.29, 0.717) is 6.54 Å². The van der Waals surface area contributed by atoms with Crippen LogP contribution in [0, 0.1) is 0 Å². The number of nitrogens with zero attached hydrogens (tertiary/aromatic N) is 3. The molecule has 0 unspecified atom stereocenters. The summed E-state index contributed by atoms with van der Waals surface area (Å²) in [7, 11) is 0. The fraction of sp³-hybridized carbons (Fsp3) is 0.143. The largest absolute Gasteiger partial charge is 0.325 e. The third kappa shape index (κ3) is 0.969. The van der Waals surface area contributed by atoms with Gasteiger partial charge in [0.15, 0.2) is 5.65 Å². The Morgan fingerprint density at radius 3 is 3.18 bits per heavy atom. The van der Waals surface area contributed by atoms with Crippen LogP contribution in [-0.2, 0) is 6.54 Å². The number of hydrogen-bond acceptors (Lipinski definition) is 3. The lowest BCUT2D eigenvalue weighted by Crippen LogP contribution is -2.01. The summed E-state index contributed by atoms with van der Waals surface area (Å²) in [5.74, 6) is 0. The normalized spacial score (nSPS) is 10.6. The van der Waals surface area contributed by atoms with E-state index in [1.54, 1.807) is 10.7 Å². The molecule has 0 aliphatic rings. The topological polar surface area (TPSA) is 56.2 Å². The Bertz CT molecular complexity index is 365. The van der Waals surface area contributed by atoms with E-state index < -0.39 is 0 Å². The first-order valence-corrected chi connectivity index (χ1v) is 3.39. The molecule has 0 saturated heterocycles. The molecule has 2 aromatic rings. The van der Waals surface area contributed by atoms with E-state index in [1.165, 1.54) is 0 Å². The number of hydrogen-bond donors (Lipinski definition) is 1. The zero-order chi connectivity index (χ0) is 7.68. The van der Waals surface area contributed by atoms with Crippen LogP contribution in [0.2, 0.25) is 0 Å². The van der Waals surface area contributed by atoms with Crippen molar-refractivity contribution in [3.05, 3.63) is 30.2 Å². The molecule has 0 bridgehead atoms. The highest BCUT2D eigenvalue weighted by atomic mass is 15.2. The van der Waals surface area contributed by atoms with Crippen LogP contribution in [-0.4, -0.2) is 14.6 Å². The van der Waals surface area contributed by atoms with Crippen molar-refractivity contribution in [3.63, 3.8) is 0 Å². The lowest BCUT2D eigenvalue weighted by Gasteiger charge is -1.95. The highest BCUT2D eigenvalue weighted by Gasteiger charge is 1.94. The molecule has 0 amide bonds. The van der Waals surface area contributed by atoms with Crippen LogP contribution in [0.15, 0.2) is 24.5 Å². The maximum Gasteiger partial charge on any atom is 0.155 e. The minimum atomic E-state index is 0.474. The fourth-order valence-electron chi connectivity index (χ4n) is 0.965. The van der Waals surface area contributed by atoms with Crippen LogP contribution in [0.4, 0.5) is 0 Å². The standard InChI is InChI=1S/C7H8N4/c8-5-6-2-4-11-7(10-6)1-3-9-11/h1-4H,5,8H2. The third-order valence-corrected chi connectivity index (χ3v) is 1.52. The SMILES string of the molecule is NCc1ccn2nccc2n1. The third-order valence-electron chi connectivity index (χ3n) is 1.52. The first kappa shape index (κ1) is 6.30. The lowest BCUT2D eigenvalue weighted by atomic mass is 10.4. The Labute approximate surface area is 63.7 Å². The second-order valence-electron chi connectivity index (χ2n) is 2.26. The van der Waals surface area contributed by atoms with E-state index >= 15 is 0 Å². The summed E-state index contributed by atoms with van der Waals surface area (Å²) >= 11 is 0. The summed E-state index contributed by atoms with van der Waals surface area (Å²) < 4.78 is 1.71. The molecular weight excluding hydrogens is 140 g/mol. The van der Waals surface area contributed by atoms with E-state index in [2.05, 4.69) is 10.1 Å². The van der Waals surface area contributed by atoms with Gasteiger partial charge in [0.05, 0.1) is 11.9 Å². The molecule has 4 nitrogen and oxygen atoms in total. The van der Waals surface area contributed by atoms with Gasteiger partial charge in [-0.2, -0.15) is 5.10 Å². The molecule has 56 valence electrons. The van der Waals surface area contributed by atoms with Gasteiger partial charge < -0.3 is 5.73 Å². The summed E-state index contributed by atoms with van der Waals surface area (Å²) in [6.07, 6.45) is 3.56. The number of fused-ring (bicyclic) bond motifs is 1. The summed E-state index contributed by atoms with van der Waals surface area (Å²) in [4.78, 5) is 4.23. The predicted molar refractivity (Wildman–Crippen MR) is 40.9 cm³/mol. The van der Waals surface area contributed by atoms with Gasteiger partial charge in [-0.1, -0.05) is 0 Å². The van der Waals surface area contributed by atoms with Crippen molar-refractivity contribution in [1.29, 1.82) is 0 Å². The molecule has 0 radical (unpaired) electrons. The Kier molecular flexibility index (Phi) is 1.33. The van der Waals surface area contributed by atoms with Gasteiger partial charge >= 0.3 is 0 Å². The molecule has 2 heterocycles. The van der Waals surface area contributed by atoms with Crippen molar-refractivity contribution < 1.29 is 0 Å². The van der Waals surface area contributed by atoms with Crippen LogP contribution >= 0.6 is 0 Å². The average molecular weight is 148 g/mol. The average Bonchev–Trinajstić information content (AvgIpc) is 2.50. The Balaban J connectivity index is 2.67. The maximum absolute atomic E-state index is 5.42. The van der Waals surface area contributed by atoms with Crippen LogP contribution in [0.25, 0.3) is 5.65 Å². The molecule has 0 atom stereocenters. The summed E-state index contributed by atoms with van der Waals surface area (Å²) in [5, 5.41) is 4.01. The van der Waals surface area contributed by atoms with Gasteiger partial charge in [-0.25, -0.2) is 9.50 Å². The minimum absolute atomic E-state index is 0.474. The zero-order valence-corrected chi connectivity index (χ0v) is 5.94. The van der Waals surface area contributed by atoms with Gasteiger partial charge in [0, 0.05) is 18.8 Å². The fourth-order valence-corrected chi connectivity index (χ4v) is 0.965. The van der Waals surface area contributed by atoms with Gasteiger partial charge in [-0.05, 0) is 6.07 Å². The van der Waals surface area contributed by atoms with Crippen molar-refractivity contribution in [2.24, 2.45) is 5.73 Å². The first-order chi connectivity index (χ1) is 5.40. The summed E-state index contributed by atoms with van der Waals surface area (Å²) in [5.41, 5.74) is 7.15. The molecule has 0 fully saturated rings. The second kappa shape index (κ2) is 2.32. The van der Waals surface area contributed by atoms with Gasteiger partial charge in [-0.15, -0.1) is 0 Å². The number of nitrogens with two attached hydrogens (primary N) is 1. The van der Waals surface area contributed by atoms with Crippen molar-refractivity contribution in [2.75, 3.05) is 0 Å². The van der Waals surface area contributed by atoms with Crippen molar-refractivity contribution >= 4 is 5.65 Å². The molecule has 11 heavy (non-hydrogen) atoms. The Morgan fingerprint density at radius 1 is 1.45 bits per heavy atom. The molecule has 0 saturated carbocycles. The molecule has 2 N–H and O–H groups in total. The number of aromatic nitrogens is 3. The molecule has 4 heteroatoms. The van der Waals surface area contributed by atoms with Crippen LogP contribution < -0.4 is 5.73 Å². The number of rotatable bonds is 1. The van der Waals surface area contributed by atoms with E-state index in [1.807, 2.05) is 18.3 Å². The molecule has 0 spiro atoms. The van der Waals surface area contributed by atoms with E-state index in [0.717, 1.165) is 11.3 Å². The van der Waals surface area contributed by atoms with Gasteiger partial charge in [-0.3, -0.25) is 0 Å². The molecule has 2 rings (SSSR count). The monoisotopic (exact) mass is 148 g/mol. The predicted octanol–water partition coefficient (Wildman–Crippen LogP) is 0.188. The lowest BCUT2D eigenvalue weighted by molar-refractivity contribution is 0.903. The van der Waals surface area contributed by atoms with E-state index in [4.69, 9.17) is 5.73 Å². The van der Waals surface area contributed by atoms with Crippen LogP contribution in [0.5, 0.6) is 0 Å². The summed E-state index contributed by atoms with van der Waals surface area (Å²) in [6, 6.07) is 3.71. The highest BCUT2D eigenvalue weighted by molar-refractivity contribution is 5.36. The van der Waals surface area contributed by atoms with Crippen molar-refractivity contribution in [3.8, 4) is 0 Å². The first-order valence-electron chi connectivity index (χ1n) is 3.39. The smallest absolute Gasteiger partial charge is 0.155 e. The molecule has 0 aliphatic carbocycles. The minimum Gasteiger partial charge on any atom is -0.325 e. The molecular formula is C7H8N4. The Hall–Kier alpha value is -1.42. The molecule has 0 aromatic carbocycles. The van der Waals surface area contributed by atoms with Crippen molar-refractivity contribution in [1.82, 2.24) is 14.6 Å².